The number of halogens is 1. The molecule has 0 saturated heterocycles. The van der Waals surface area contributed by atoms with Crippen LogP contribution in [0, 0.1) is 11.3 Å². The van der Waals surface area contributed by atoms with Crippen LogP contribution in [0.2, 0.25) is 5.02 Å². The highest BCUT2D eigenvalue weighted by atomic mass is 35.5. The SMILES string of the molecule is CC(C)(C)c1ccc(Sc2ccc(C#N)c(Cl)c2)cc1. The average molecular weight is 302 g/mol. The van der Waals surface area contributed by atoms with E-state index in [1.807, 2.05) is 12.1 Å². The van der Waals surface area contributed by atoms with E-state index in [0.717, 1.165) is 4.90 Å². The van der Waals surface area contributed by atoms with Crippen LogP contribution >= 0.6 is 23.4 Å². The predicted molar refractivity (Wildman–Crippen MR) is 85.4 cm³/mol. The van der Waals surface area contributed by atoms with Gasteiger partial charge in [-0.05, 0) is 41.3 Å². The Labute approximate surface area is 129 Å². The third-order valence-electron chi connectivity index (χ3n) is 3.02. The summed E-state index contributed by atoms with van der Waals surface area (Å²) in [4.78, 5) is 2.20. The van der Waals surface area contributed by atoms with E-state index >= 15 is 0 Å². The van der Waals surface area contributed by atoms with E-state index in [9.17, 15) is 0 Å². The van der Waals surface area contributed by atoms with Gasteiger partial charge in [-0.3, -0.25) is 0 Å². The fourth-order valence-corrected chi connectivity index (χ4v) is 2.95. The maximum atomic E-state index is 8.86. The standard InChI is InChI=1S/C17H16ClNS/c1-17(2,3)13-5-8-14(9-6-13)20-15-7-4-12(11-19)16(18)10-15/h4-10H,1-3H3. The fraction of sp³-hybridized carbons (Fsp3) is 0.235. The summed E-state index contributed by atoms with van der Waals surface area (Å²) < 4.78 is 0. The molecule has 2 rings (SSSR count). The Balaban J connectivity index is 2.19. The van der Waals surface area contributed by atoms with Gasteiger partial charge in [-0.25, -0.2) is 0 Å². The highest BCUT2D eigenvalue weighted by Gasteiger charge is 2.13. The summed E-state index contributed by atoms with van der Waals surface area (Å²) in [6, 6.07) is 16.2. The van der Waals surface area contributed by atoms with Crippen LogP contribution in [-0.2, 0) is 5.41 Å². The van der Waals surface area contributed by atoms with Gasteiger partial charge in [-0.1, -0.05) is 56.3 Å². The molecule has 0 saturated carbocycles. The summed E-state index contributed by atoms with van der Waals surface area (Å²) in [6.45, 7) is 6.61. The maximum absolute atomic E-state index is 8.86. The number of hydrogen-bond acceptors (Lipinski definition) is 2. The fourth-order valence-electron chi connectivity index (χ4n) is 1.81. The third kappa shape index (κ3) is 3.56. The van der Waals surface area contributed by atoms with Crippen molar-refractivity contribution < 1.29 is 0 Å². The lowest BCUT2D eigenvalue weighted by atomic mass is 9.87. The molecule has 3 heteroatoms. The predicted octanol–water partition coefficient (Wildman–Crippen LogP) is 5.66. The van der Waals surface area contributed by atoms with Crippen molar-refractivity contribution in [1.29, 1.82) is 5.26 Å². The lowest BCUT2D eigenvalue weighted by molar-refractivity contribution is 0.590. The molecule has 0 fully saturated rings. The molecule has 20 heavy (non-hydrogen) atoms. The van der Waals surface area contributed by atoms with E-state index in [0.29, 0.717) is 10.6 Å². The van der Waals surface area contributed by atoms with Crippen LogP contribution in [0.4, 0.5) is 0 Å². The van der Waals surface area contributed by atoms with Crippen LogP contribution in [0.15, 0.2) is 52.3 Å². The topological polar surface area (TPSA) is 23.8 Å². The lowest BCUT2D eigenvalue weighted by Crippen LogP contribution is -2.10. The molecule has 0 amide bonds. The van der Waals surface area contributed by atoms with E-state index in [1.165, 1.54) is 10.5 Å². The van der Waals surface area contributed by atoms with E-state index in [4.69, 9.17) is 16.9 Å². The van der Waals surface area contributed by atoms with Gasteiger partial charge in [-0.15, -0.1) is 0 Å². The van der Waals surface area contributed by atoms with Crippen LogP contribution < -0.4 is 0 Å². The van der Waals surface area contributed by atoms with Crippen molar-refractivity contribution in [3.05, 3.63) is 58.6 Å². The van der Waals surface area contributed by atoms with E-state index in [-0.39, 0.29) is 5.41 Å². The lowest BCUT2D eigenvalue weighted by Gasteiger charge is -2.19. The minimum absolute atomic E-state index is 0.168. The molecule has 0 unspecified atom stereocenters. The molecule has 0 aliphatic heterocycles. The molecule has 0 radical (unpaired) electrons. The summed E-state index contributed by atoms with van der Waals surface area (Å²) in [5.41, 5.74) is 2.00. The molecule has 2 aromatic rings. The molecular weight excluding hydrogens is 286 g/mol. The van der Waals surface area contributed by atoms with Gasteiger partial charge in [0.25, 0.3) is 0 Å². The first kappa shape index (κ1) is 15.0. The van der Waals surface area contributed by atoms with Crippen LogP contribution in [-0.4, -0.2) is 0 Å². The zero-order chi connectivity index (χ0) is 14.8. The number of nitrogens with zero attached hydrogens (tertiary/aromatic N) is 1. The van der Waals surface area contributed by atoms with Gasteiger partial charge >= 0.3 is 0 Å². The second-order valence-electron chi connectivity index (χ2n) is 5.63. The molecule has 0 bridgehead atoms. The molecule has 0 atom stereocenters. The molecule has 0 aliphatic carbocycles. The van der Waals surface area contributed by atoms with Crippen molar-refractivity contribution in [3.8, 4) is 6.07 Å². The Morgan fingerprint density at radius 3 is 2.10 bits per heavy atom. The van der Waals surface area contributed by atoms with E-state index in [1.54, 1.807) is 17.8 Å². The third-order valence-corrected chi connectivity index (χ3v) is 4.33. The summed E-state index contributed by atoms with van der Waals surface area (Å²) in [5.74, 6) is 0. The minimum atomic E-state index is 0.168. The monoisotopic (exact) mass is 301 g/mol. The summed E-state index contributed by atoms with van der Waals surface area (Å²) >= 11 is 7.69. The Hall–Kier alpha value is -1.43. The molecule has 0 heterocycles. The molecule has 2 aromatic carbocycles. The van der Waals surface area contributed by atoms with Crippen molar-refractivity contribution in [1.82, 2.24) is 0 Å². The Kier molecular flexibility index (Phi) is 4.42. The maximum Gasteiger partial charge on any atom is 0.101 e. The van der Waals surface area contributed by atoms with Gasteiger partial charge in [0.05, 0.1) is 10.6 Å². The van der Waals surface area contributed by atoms with Crippen LogP contribution in [0.5, 0.6) is 0 Å². The summed E-state index contributed by atoms with van der Waals surface area (Å²) in [5, 5.41) is 9.37. The van der Waals surface area contributed by atoms with Crippen LogP contribution in [0.3, 0.4) is 0 Å². The second-order valence-corrected chi connectivity index (χ2v) is 7.18. The van der Waals surface area contributed by atoms with Gasteiger partial charge in [0.1, 0.15) is 6.07 Å². The number of nitriles is 1. The molecule has 0 aromatic heterocycles. The normalized spacial score (nSPS) is 11.2. The second kappa shape index (κ2) is 5.91. The minimum Gasteiger partial charge on any atom is -0.192 e. The molecule has 0 spiro atoms. The molecule has 0 aliphatic rings. The van der Waals surface area contributed by atoms with Gasteiger partial charge < -0.3 is 0 Å². The van der Waals surface area contributed by atoms with Crippen molar-refractivity contribution in [2.45, 2.75) is 36.0 Å². The Morgan fingerprint density at radius 1 is 1.00 bits per heavy atom. The van der Waals surface area contributed by atoms with Gasteiger partial charge in [0, 0.05) is 9.79 Å². The van der Waals surface area contributed by atoms with Crippen molar-refractivity contribution in [2.24, 2.45) is 0 Å². The first-order valence-electron chi connectivity index (χ1n) is 6.38. The van der Waals surface area contributed by atoms with Gasteiger partial charge in [0.15, 0.2) is 0 Å². The molecule has 102 valence electrons. The summed E-state index contributed by atoms with van der Waals surface area (Å²) in [6.07, 6.45) is 0. The first-order valence-corrected chi connectivity index (χ1v) is 7.57. The van der Waals surface area contributed by atoms with Gasteiger partial charge in [0.2, 0.25) is 0 Å². The largest absolute Gasteiger partial charge is 0.192 e. The van der Waals surface area contributed by atoms with Crippen molar-refractivity contribution >= 4 is 23.4 Å². The summed E-state index contributed by atoms with van der Waals surface area (Å²) in [7, 11) is 0. The quantitative estimate of drug-likeness (QED) is 0.714. The van der Waals surface area contributed by atoms with Crippen LogP contribution in [0.1, 0.15) is 31.9 Å². The van der Waals surface area contributed by atoms with E-state index < -0.39 is 0 Å². The van der Waals surface area contributed by atoms with Crippen LogP contribution in [0.25, 0.3) is 0 Å². The molecular formula is C17H16ClNS. The van der Waals surface area contributed by atoms with Crippen molar-refractivity contribution in [3.63, 3.8) is 0 Å². The smallest absolute Gasteiger partial charge is 0.101 e. The number of rotatable bonds is 2. The average Bonchev–Trinajstić information content (AvgIpc) is 2.38. The van der Waals surface area contributed by atoms with Gasteiger partial charge in [-0.2, -0.15) is 5.26 Å². The zero-order valence-corrected chi connectivity index (χ0v) is 13.3. The Bertz CT molecular complexity index is 648. The Morgan fingerprint density at radius 2 is 1.60 bits per heavy atom. The number of benzene rings is 2. The van der Waals surface area contributed by atoms with E-state index in [2.05, 4.69) is 51.1 Å². The zero-order valence-electron chi connectivity index (χ0n) is 11.8. The highest BCUT2D eigenvalue weighted by Crippen LogP contribution is 2.32. The number of hydrogen-bond donors (Lipinski definition) is 0. The highest BCUT2D eigenvalue weighted by molar-refractivity contribution is 7.99. The first-order chi connectivity index (χ1) is 9.40. The van der Waals surface area contributed by atoms with Crippen molar-refractivity contribution in [2.75, 3.05) is 0 Å². The molecule has 0 N–H and O–H groups in total. The molecule has 1 nitrogen and oxygen atoms in total.